The Morgan fingerprint density at radius 2 is 2.29 bits per heavy atom. The lowest BCUT2D eigenvalue weighted by molar-refractivity contribution is -0.117. The number of benzene rings is 1. The Bertz CT molecular complexity index is 354. The van der Waals surface area contributed by atoms with Crippen molar-refractivity contribution in [1.82, 2.24) is 0 Å². The van der Waals surface area contributed by atoms with E-state index in [-0.39, 0.29) is 10.7 Å². The van der Waals surface area contributed by atoms with Crippen molar-refractivity contribution in [2.24, 2.45) is 5.73 Å². The molecular formula is C10H11BrClNO. The monoisotopic (exact) mass is 275 g/mol. The van der Waals surface area contributed by atoms with Gasteiger partial charge in [-0.25, -0.2) is 0 Å². The second-order valence-corrected chi connectivity index (χ2v) is 4.67. The molecule has 1 atom stereocenters. The van der Waals surface area contributed by atoms with Gasteiger partial charge in [0.15, 0.2) is 0 Å². The number of hydrogen-bond donors (Lipinski definition) is 1. The molecule has 0 spiro atoms. The third-order valence-electron chi connectivity index (χ3n) is 1.96. The molecule has 0 aliphatic rings. The second kappa shape index (κ2) is 4.80. The van der Waals surface area contributed by atoms with Gasteiger partial charge in [0.05, 0.1) is 4.83 Å². The molecule has 1 amide bonds. The van der Waals surface area contributed by atoms with E-state index in [0.717, 1.165) is 11.1 Å². The average molecular weight is 277 g/mol. The number of halogens is 2. The maximum absolute atomic E-state index is 10.8. The van der Waals surface area contributed by atoms with Gasteiger partial charge in [-0.3, -0.25) is 4.79 Å². The standard InChI is InChI=1S/C10H11BrClNO/c1-6-2-3-7(5-9(6)12)4-8(11)10(13)14/h2-3,5,8H,4H2,1H3,(H2,13,14). The fourth-order valence-electron chi connectivity index (χ4n) is 1.07. The first-order valence-corrected chi connectivity index (χ1v) is 5.48. The third kappa shape index (κ3) is 3.00. The van der Waals surface area contributed by atoms with E-state index >= 15 is 0 Å². The highest BCUT2D eigenvalue weighted by Gasteiger charge is 2.11. The number of aryl methyl sites for hydroxylation is 1. The second-order valence-electron chi connectivity index (χ2n) is 3.16. The molecule has 0 saturated carbocycles. The maximum Gasteiger partial charge on any atom is 0.231 e. The maximum atomic E-state index is 10.8. The molecule has 1 rings (SSSR count). The number of rotatable bonds is 3. The van der Waals surface area contributed by atoms with Gasteiger partial charge in [-0.2, -0.15) is 0 Å². The van der Waals surface area contributed by atoms with E-state index in [1.165, 1.54) is 0 Å². The zero-order chi connectivity index (χ0) is 10.7. The summed E-state index contributed by atoms with van der Waals surface area (Å²) in [4.78, 5) is 10.5. The molecule has 2 nitrogen and oxygen atoms in total. The van der Waals surface area contributed by atoms with Crippen molar-refractivity contribution in [3.63, 3.8) is 0 Å². The van der Waals surface area contributed by atoms with Crippen LogP contribution in [0.5, 0.6) is 0 Å². The highest BCUT2D eigenvalue weighted by Crippen LogP contribution is 2.19. The summed E-state index contributed by atoms with van der Waals surface area (Å²) < 4.78 is 0. The minimum absolute atomic E-state index is 0.332. The van der Waals surface area contributed by atoms with Crippen molar-refractivity contribution in [3.8, 4) is 0 Å². The molecule has 4 heteroatoms. The summed E-state index contributed by atoms with van der Waals surface area (Å²) in [6.07, 6.45) is 0.565. The van der Waals surface area contributed by atoms with Crippen LogP contribution >= 0.6 is 27.5 Å². The molecule has 0 radical (unpaired) electrons. The lowest BCUT2D eigenvalue weighted by atomic mass is 10.1. The molecule has 0 aromatic heterocycles. The summed E-state index contributed by atoms with van der Waals surface area (Å²) in [5.41, 5.74) is 7.16. The fraction of sp³-hybridized carbons (Fsp3) is 0.300. The molecule has 1 aromatic rings. The van der Waals surface area contributed by atoms with E-state index in [2.05, 4.69) is 15.9 Å². The number of amides is 1. The van der Waals surface area contributed by atoms with Gasteiger partial charge in [-0.15, -0.1) is 0 Å². The van der Waals surface area contributed by atoms with Crippen LogP contribution in [0.3, 0.4) is 0 Å². The smallest absolute Gasteiger partial charge is 0.231 e. The Morgan fingerprint density at radius 3 is 2.79 bits per heavy atom. The minimum Gasteiger partial charge on any atom is -0.369 e. The van der Waals surface area contributed by atoms with Gasteiger partial charge in [-0.05, 0) is 30.5 Å². The number of primary amides is 1. The van der Waals surface area contributed by atoms with Crippen LogP contribution in [-0.4, -0.2) is 10.7 Å². The summed E-state index contributed by atoms with van der Waals surface area (Å²) >= 11 is 9.15. The predicted octanol–water partition coefficient (Wildman–Crippen LogP) is 2.44. The fourth-order valence-corrected chi connectivity index (χ4v) is 1.65. The molecule has 1 aromatic carbocycles. The van der Waals surface area contributed by atoms with Crippen LogP contribution in [0.1, 0.15) is 11.1 Å². The van der Waals surface area contributed by atoms with Gasteiger partial charge in [0.2, 0.25) is 5.91 Å². The number of hydrogen-bond acceptors (Lipinski definition) is 1. The highest BCUT2D eigenvalue weighted by atomic mass is 79.9. The number of carbonyl (C=O) groups is 1. The van der Waals surface area contributed by atoms with Crippen LogP contribution in [0.4, 0.5) is 0 Å². The molecule has 0 aliphatic heterocycles. The zero-order valence-electron chi connectivity index (χ0n) is 7.76. The summed E-state index contributed by atoms with van der Waals surface area (Å²) in [6.45, 7) is 1.94. The predicted molar refractivity (Wildman–Crippen MR) is 61.8 cm³/mol. The van der Waals surface area contributed by atoms with E-state index in [9.17, 15) is 4.79 Å². The third-order valence-corrected chi connectivity index (χ3v) is 3.14. The first-order valence-electron chi connectivity index (χ1n) is 4.19. The van der Waals surface area contributed by atoms with Crippen molar-refractivity contribution >= 4 is 33.4 Å². The van der Waals surface area contributed by atoms with Crippen molar-refractivity contribution in [2.45, 2.75) is 18.2 Å². The van der Waals surface area contributed by atoms with Gasteiger partial charge in [0, 0.05) is 5.02 Å². The van der Waals surface area contributed by atoms with E-state index < -0.39 is 0 Å². The normalized spacial score (nSPS) is 12.5. The molecule has 0 heterocycles. The van der Waals surface area contributed by atoms with Gasteiger partial charge in [0.25, 0.3) is 0 Å². The summed E-state index contributed by atoms with van der Waals surface area (Å²) in [6, 6.07) is 5.73. The minimum atomic E-state index is -0.360. The number of alkyl halides is 1. The highest BCUT2D eigenvalue weighted by molar-refractivity contribution is 9.10. The Hall–Kier alpha value is -0.540. The molecule has 1 unspecified atom stereocenters. The van der Waals surface area contributed by atoms with Crippen LogP contribution < -0.4 is 5.73 Å². The van der Waals surface area contributed by atoms with Gasteiger partial charge in [-0.1, -0.05) is 39.7 Å². The number of carbonyl (C=O) groups excluding carboxylic acids is 1. The van der Waals surface area contributed by atoms with E-state index in [0.29, 0.717) is 11.4 Å². The average Bonchev–Trinajstić information content (AvgIpc) is 2.11. The molecule has 0 fully saturated rings. The van der Waals surface area contributed by atoms with Gasteiger partial charge < -0.3 is 5.73 Å². The molecule has 76 valence electrons. The number of nitrogens with two attached hydrogens (primary N) is 1. The van der Waals surface area contributed by atoms with Gasteiger partial charge >= 0.3 is 0 Å². The largest absolute Gasteiger partial charge is 0.369 e. The molecule has 0 saturated heterocycles. The molecule has 14 heavy (non-hydrogen) atoms. The summed E-state index contributed by atoms with van der Waals surface area (Å²) in [5.74, 6) is -0.360. The SMILES string of the molecule is Cc1ccc(CC(Br)C(N)=O)cc1Cl. The van der Waals surface area contributed by atoms with Crippen LogP contribution in [0, 0.1) is 6.92 Å². The summed E-state index contributed by atoms with van der Waals surface area (Å²) in [7, 11) is 0. The van der Waals surface area contributed by atoms with Crippen molar-refractivity contribution < 1.29 is 4.79 Å². The van der Waals surface area contributed by atoms with E-state index in [4.69, 9.17) is 17.3 Å². The zero-order valence-corrected chi connectivity index (χ0v) is 10.1. The lowest BCUT2D eigenvalue weighted by Crippen LogP contribution is -2.24. The Labute approximate surface area is 96.6 Å². The first kappa shape index (κ1) is 11.5. The Kier molecular flexibility index (Phi) is 3.96. The van der Waals surface area contributed by atoms with Crippen LogP contribution in [-0.2, 0) is 11.2 Å². The van der Waals surface area contributed by atoms with Crippen LogP contribution in [0.2, 0.25) is 5.02 Å². The van der Waals surface area contributed by atoms with Crippen LogP contribution in [0.25, 0.3) is 0 Å². The van der Waals surface area contributed by atoms with Crippen molar-refractivity contribution in [2.75, 3.05) is 0 Å². The van der Waals surface area contributed by atoms with Crippen molar-refractivity contribution in [1.29, 1.82) is 0 Å². The quantitative estimate of drug-likeness (QED) is 0.847. The van der Waals surface area contributed by atoms with Crippen molar-refractivity contribution in [3.05, 3.63) is 34.3 Å². The molecular weight excluding hydrogens is 265 g/mol. The topological polar surface area (TPSA) is 43.1 Å². The first-order chi connectivity index (χ1) is 6.50. The Balaban J connectivity index is 2.78. The molecule has 0 bridgehead atoms. The molecule has 2 N–H and O–H groups in total. The van der Waals surface area contributed by atoms with E-state index in [1.54, 1.807) is 0 Å². The van der Waals surface area contributed by atoms with Gasteiger partial charge in [0.1, 0.15) is 0 Å². The van der Waals surface area contributed by atoms with E-state index in [1.807, 2.05) is 25.1 Å². The summed E-state index contributed by atoms with van der Waals surface area (Å²) in [5, 5.41) is 0.715. The lowest BCUT2D eigenvalue weighted by Gasteiger charge is -2.06. The molecule has 0 aliphatic carbocycles. The Morgan fingerprint density at radius 1 is 1.64 bits per heavy atom. The van der Waals surface area contributed by atoms with Crippen LogP contribution in [0.15, 0.2) is 18.2 Å².